The largest absolute Gasteiger partial charge is 0.361 e. The third-order valence-electron chi connectivity index (χ3n) is 4.33. The lowest BCUT2D eigenvalue weighted by Crippen LogP contribution is -2.32. The van der Waals surface area contributed by atoms with Crippen LogP contribution in [0.25, 0.3) is 0 Å². The van der Waals surface area contributed by atoms with Crippen LogP contribution in [-0.4, -0.2) is 22.5 Å². The Hall–Kier alpha value is -1.88. The Morgan fingerprint density at radius 2 is 2.30 bits per heavy atom. The molecule has 0 unspecified atom stereocenters. The van der Waals surface area contributed by atoms with Gasteiger partial charge in [-0.2, -0.15) is 0 Å². The summed E-state index contributed by atoms with van der Waals surface area (Å²) in [6.07, 6.45) is 2.37. The Balaban J connectivity index is 1.99. The van der Waals surface area contributed by atoms with E-state index in [9.17, 15) is 9.18 Å². The molecule has 0 radical (unpaired) electrons. The zero-order valence-electron chi connectivity index (χ0n) is 13.1. The van der Waals surface area contributed by atoms with Crippen LogP contribution in [0.1, 0.15) is 53.2 Å². The summed E-state index contributed by atoms with van der Waals surface area (Å²) < 4.78 is 19.4. The minimum atomic E-state index is -0.592. The molecule has 1 atom stereocenters. The van der Waals surface area contributed by atoms with Crippen LogP contribution in [0.3, 0.4) is 0 Å². The third-order valence-corrected chi connectivity index (χ3v) is 4.64. The number of hydrogen-bond acceptors (Lipinski definition) is 3. The van der Waals surface area contributed by atoms with Crippen LogP contribution in [-0.2, 0) is 6.42 Å². The molecule has 1 aliphatic rings. The van der Waals surface area contributed by atoms with E-state index in [1.54, 1.807) is 4.90 Å². The van der Waals surface area contributed by atoms with Crippen LogP contribution in [0.15, 0.2) is 22.7 Å². The maximum Gasteiger partial charge on any atom is 0.258 e. The summed E-state index contributed by atoms with van der Waals surface area (Å²) in [5.41, 5.74) is 1.67. The Kier molecular flexibility index (Phi) is 4.39. The first-order valence-electron chi connectivity index (χ1n) is 7.74. The maximum atomic E-state index is 14.1. The summed E-state index contributed by atoms with van der Waals surface area (Å²) >= 11 is 6.05. The smallest absolute Gasteiger partial charge is 0.258 e. The Bertz CT molecular complexity index is 724. The maximum absolute atomic E-state index is 14.1. The SMILES string of the molecule is CCc1onc(C)c1[C@H]1CCCN1C(=O)c1c(F)cccc1Cl. The number of aryl methyl sites for hydroxylation is 2. The van der Waals surface area contributed by atoms with E-state index >= 15 is 0 Å². The molecule has 122 valence electrons. The van der Waals surface area contributed by atoms with Crippen molar-refractivity contribution >= 4 is 17.5 Å². The number of carbonyl (C=O) groups is 1. The Labute approximate surface area is 139 Å². The summed E-state index contributed by atoms with van der Waals surface area (Å²) in [5, 5.41) is 4.16. The Morgan fingerprint density at radius 3 is 3.00 bits per heavy atom. The van der Waals surface area contributed by atoms with Gasteiger partial charge in [0.25, 0.3) is 5.91 Å². The highest BCUT2D eigenvalue weighted by Crippen LogP contribution is 2.37. The molecule has 1 aromatic carbocycles. The second-order valence-corrected chi connectivity index (χ2v) is 6.12. The van der Waals surface area contributed by atoms with Crippen LogP contribution < -0.4 is 0 Å². The summed E-state index contributed by atoms with van der Waals surface area (Å²) in [6.45, 7) is 4.43. The van der Waals surface area contributed by atoms with Gasteiger partial charge in [-0.3, -0.25) is 4.79 Å². The lowest BCUT2D eigenvalue weighted by Gasteiger charge is -2.25. The number of aromatic nitrogens is 1. The summed E-state index contributed by atoms with van der Waals surface area (Å²) in [7, 11) is 0. The average molecular weight is 337 g/mol. The lowest BCUT2D eigenvalue weighted by molar-refractivity contribution is 0.0730. The molecule has 2 heterocycles. The second-order valence-electron chi connectivity index (χ2n) is 5.71. The summed E-state index contributed by atoms with van der Waals surface area (Å²) in [6, 6.07) is 4.14. The van der Waals surface area contributed by atoms with E-state index in [1.807, 2.05) is 13.8 Å². The van der Waals surface area contributed by atoms with Gasteiger partial charge in [-0.1, -0.05) is 29.7 Å². The topological polar surface area (TPSA) is 46.3 Å². The van der Waals surface area contributed by atoms with E-state index in [2.05, 4.69) is 5.16 Å². The first-order chi connectivity index (χ1) is 11.0. The van der Waals surface area contributed by atoms with Crippen LogP contribution in [0.2, 0.25) is 5.02 Å². The van der Waals surface area contributed by atoms with Gasteiger partial charge >= 0.3 is 0 Å². The van der Waals surface area contributed by atoms with Crippen LogP contribution in [0.5, 0.6) is 0 Å². The number of hydrogen-bond donors (Lipinski definition) is 0. The quantitative estimate of drug-likeness (QED) is 0.838. The normalized spacial score (nSPS) is 17.7. The predicted molar refractivity (Wildman–Crippen MR) is 85.0 cm³/mol. The van der Waals surface area contributed by atoms with Crippen molar-refractivity contribution in [3.8, 4) is 0 Å². The molecule has 1 aromatic heterocycles. The van der Waals surface area contributed by atoms with E-state index < -0.39 is 5.82 Å². The van der Waals surface area contributed by atoms with Crippen molar-refractivity contribution in [3.63, 3.8) is 0 Å². The number of nitrogens with zero attached hydrogens (tertiary/aromatic N) is 2. The van der Waals surface area contributed by atoms with Crippen molar-refractivity contribution in [1.29, 1.82) is 0 Å². The molecule has 1 fully saturated rings. The van der Waals surface area contributed by atoms with E-state index in [1.165, 1.54) is 18.2 Å². The lowest BCUT2D eigenvalue weighted by atomic mass is 10.0. The molecular weight excluding hydrogens is 319 g/mol. The molecule has 0 bridgehead atoms. The third kappa shape index (κ3) is 2.74. The highest BCUT2D eigenvalue weighted by molar-refractivity contribution is 6.33. The monoisotopic (exact) mass is 336 g/mol. The molecule has 23 heavy (non-hydrogen) atoms. The fourth-order valence-corrected chi connectivity index (χ4v) is 3.51. The van der Waals surface area contributed by atoms with E-state index in [4.69, 9.17) is 16.1 Å². The van der Waals surface area contributed by atoms with E-state index in [0.717, 1.165) is 29.9 Å². The minimum Gasteiger partial charge on any atom is -0.361 e. The molecule has 1 amide bonds. The van der Waals surface area contributed by atoms with Gasteiger partial charge in [-0.25, -0.2) is 4.39 Å². The van der Waals surface area contributed by atoms with Gasteiger partial charge in [0, 0.05) is 18.5 Å². The van der Waals surface area contributed by atoms with Crippen molar-refractivity contribution < 1.29 is 13.7 Å². The van der Waals surface area contributed by atoms with Crippen molar-refractivity contribution in [2.24, 2.45) is 0 Å². The van der Waals surface area contributed by atoms with Crippen LogP contribution in [0.4, 0.5) is 4.39 Å². The number of amides is 1. The number of benzene rings is 1. The molecule has 6 heteroatoms. The zero-order valence-corrected chi connectivity index (χ0v) is 13.9. The highest BCUT2D eigenvalue weighted by Gasteiger charge is 2.36. The number of halogens is 2. The van der Waals surface area contributed by atoms with E-state index in [0.29, 0.717) is 13.0 Å². The van der Waals surface area contributed by atoms with Crippen molar-refractivity contribution in [2.45, 2.75) is 39.2 Å². The van der Waals surface area contributed by atoms with Crippen LogP contribution >= 0.6 is 11.6 Å². The second kappa shape index (κ2) is 6.32. The van der Waals surface area contributed by atoms with Crippen LogP contribution in [0, 0.1) is 12.7 Å². The van der Waals surface area contributed by atoms with Gasteiger partial charge in [-0.15, -0.1) is 0 Å². The van der Waals surface area contributed by atoms with Gasteiger partial charge < -0.3 is 9.42 Å². The first-order valence-corrected chi connectivity index (χ1v) is 8.12. The molecule has 1 aliphatic heterocycles. The van der Waals surface area contributed by atoms with Crippen molar-refractivity contribution in [2.75, 3.05) is 6.54 Å². The van der Waals surface area contributed by atoms with Gasteiger partial charge in [-0.05, 0) is 31.9 Å². The molecule has 0 saturated carbocycles. The zero-order chi connectivity index (χ0) is 16.6. The van der Waals surface area contributed by atoms with Gasteiger partial charge in [0.15, 0.2) is 0 Å². The predicted octanol–water partition coefficient (Wildman–Crippen LogP) is 4.32. The van der Waals surface area contributed by atoms with Gasteiger partial charge in [0.2, 0.25) is 0 Å². The molecule has 0 aliphatic carbocycles. The van der Waals surface area contributed by atoms with Gasteiger partial charge in [0.1, 0.15) is 11.6 Å². The molecular formula is C17H18ClFN2O2. The standard InChI is InChI=1S/C17H18ClFN2O2/c1-3-14-15(10(2)20-23-14)13-8-5-9-21(13)17(22)16-11(18)6-4-7-12(16)19/h4,6-7,13H,3,5,8-9H2,1-2H3/t13-/m1/s1. The molecule has 0 spiro atoms. The molecule has 1 saturated heterocycles. The van der Waals surface area contributed by atoms with Crippen molar-refractivity contribution in [3.05, 3.63) is 51.6 Å². The molecule has 3 rings (SSSR count). The minimum absolute atomic E-state index is 0.0618. The number of likely N-dealkylation sites (tertiary alicyclic amines) is 1. The highest BCUT2D eigenvalue weighted by atomic mass is 35.5. The molecule has 4 nitrogen and oxygen atoms in total. The average Bonchev–Trinajstić information content (AvgIpc) is 3.12. The summed E-state index contributed by atoms with van der Waals surface area (Å²) in [5.74, 6) is -0.184. The fraction of sp³-hybridized carbons (Fsp3) is 0.412. The fourth-order valence-electron chi connectivity index (χ4n) is 3.26. The molecule has 2 aromatic rings. The van der Waals surface area contributed by atoms with Crippen molar-refractivity contribution in [1.82, 2.24) is 10.1 Å². The first kappa shape index (κ1) is 16.0. The van der Waals surface area contributed by atoms with E-state index in [-0.39, 0.29) is 22.5 Å². The summed E-state index contributed by atoms with van der Waals surface area (Å²) in [4.78, 5) is 14.5. The van der Waals surface area contributed by atoms with Gasteiger partial charge in [0.05, 0.1) is 22.3 Å². The number of rotatable bonds is 3. The Morgan fingerprint density at radius 1 is 1.52 bits per heavy atom. The molecule has 0 N–H and O–H groups in total. The number of carbonyl (C=O) groups excluding carboxylic acids is 1.